The fourth-order valence-electron chi connectivity index (χ4n) is 3.06. The summed E-state index contributed by atoms with van der Waals surface area (Å²) in [4.78, 5) is 14.4. The first-order valence-electron chi connectivity index (χ1n) is 8.90. The number of carbonyl (C=O) groups excluding carboxylic acids is 1. The minimum absolute atomic E-state index is 0.0810. The zero-order valence-corrected chi connectivity index (χ0v) is 14.9. The van der Waals surface area contributed by atoms with E-state index in [4.69, 9.17) is 4.74 Å². The first kappa shape index (κ1) is 17.5. The van der Waals surface area contributed by atoms with Crippen molar-refractivity contribution >= 4 is 11.8 Å². The number of aromatic nitrogens is 2. The molecule has 1 aliphatic heterocycles. The summed E-state index contributed by atoms with van der Waals surface area (Å²) in [6.45, 7) is 3.87. The Morgan fingerprint density at radius 2 is 2.16 bits per heavy atom. The van der Waals surface area contributed by atoms with E-state index in [0.29, 0.717) is 19.7 Å². The van der Waals surface area contributed by atoms with Crippen LogP contribution in [0.4, 0.5) is 10.6 Å². The molecular weight excluding hydrogens is 316 g/mol. The number of ether oxygens (including phenoxy) is 1. The van der Waals surface area contributed by atoms with Crippen molar-refractivity contribution in [3.63, 3.8) is 0 Å². The molecule has 0 spiro atoms. The molecule has 2 amide bonds. The Kier molecular flexibility index (Phi) is 5.71. The topological polar surface area (TPSA) is 59.4 Å². The molecule has 3 rings (SSSR count). The van der Waals surface area contributed by atoms with Crippen LogP contribution in [-0.4, -0.2) is 46.5 Å². The number of benzene rings is 1. The molecule has 2 heterocycles. The summed E-state index contributed by atoms with van der Waals surface area (Å²) in [6.07, 6.45) is 2.81. The summed E-state index contributed by atoms with van der Waals surface area (Å²) in [5.41, 5.74) is 2.27. The molecule has 1 saturated heterocycles. The third-order valence-electron chi connectivity index (χ3n) is 4.55. The monoisotopic (exact) mass is 342 g/mol. The second-order valence-electron chi connectivity index (χ2n) is 6.39. The van der Waals surface area contributed by atoms with Crippen LogP contribution in [0, 0.1) is 0 Å². The highest BCUT2D eigenvalue weighted by atomic mass is 16.5. The van der Waals surface area contributed by atoms with E-state index in [1.54, 1.807) is 4.68 Å². The molecule has 6 nitrogen and oxygen atoms in total. The number of aryl methyl sites for hydroxylation is 3. The Morgan fingerprint density at radius 1 is 1.36 bits per heavy atom. The number of rotatable bonds is 5. The molecule has 1 aromatic heterocycles. The van der Waals surface area contributed by atoms with Gasteiger partial charge in [-0.15, -0.1) is 0 Å². The van der Waals surface area contributed by atoms with Crippen molar-refractivity contribution in [2.75, 3.05) is 25.0 Å². The zero-order chi connectivity index (χ0) is 17.6. The average Bonchev–Trinajstić information content (AvgIpc) is 3.01. The summed E-state index contributed by atoms with van der Waals surface area (Å²) in [5.74, 6) is 0.731. The Bertz CT molecular complexity index is 699. The van der Waals surface area contributed by atoms with Crippen LogP contribution in [0.15, 0.2) is 36.4 Å². The van der Waals surface area contributed by atoms with Gasteiger partial charge >= 0.3 is 6.03 Å². The highest BCUT2D eigenvalue weighted by molar-refractivity contribution is 5.88. The number of carbonyl (C=O) groups is 1. The van der Waals surface area contributed by atoms with Crippen LogP contribution in [-0.2, 0) is 24.6 Å². The lowest BCUT2D eigenvalue weighted by molar-refractivity contribution is -0.0157. The lowest BCUT2D eigenvalue weighted by atomic mass is 10.1. The normalized spacial score (nSPS) is 17.5. The lowest BCUT2D eigenvalue weighted by Crippen LogP contribution is -2.47. The predicted octanol–water partition coefficient (Wildman–Crippen LogP) is 2.85. The lowest BCUT2D eigenvalue weighted by Gasteiger charge is -2.33. The molecule has 0 unspecified atom stereocenters. The SMILES string of the molecule is CCc1cc(NC(=O)N2CCO[C@H](CCc3ccccc3)C2)n(C)n1. The quantitative estimate of drug-likeness (QED) is 0.909. The molecule has 0 bridgehead atoms. The first-order chi connectivity index (χ1) is 12.2. The van der Waals surface area contributed by atoms with Crippen LogP contribution >= 0.6 is 0 Å². The third kappa shape index (κ3) is 4.60. The fourth-order valence-corrected chi connectivity index (χ4v) is 3.06. The number of morpholine rings is 1. The van der Waals surface area contributed by atoms with E-state index in [9.17, 15) is 4.79 Å². The molecule has 0 aliphatic carbocycles. The summed E-state index contributed by atoms with van der Waals surface area (Å²) in [6, 6.07) is 12.2. The van der Waals surface area contributed by atoms with Crippen LogP contribution in [0.3, 0.4) is 0 Å². The van der Waals surface area contributed by atoms with Gasteiger partial charge in [-0.2, -0.15) is 5.10 Å². The van der Waals surface area contributed by atoms with Crippen LogP contribution in [0.25, 0.3) is 0 Å². The number of nitrogens with one attached hydrogen (secondary N) is 1. The highest BCUT2D eigenvalue weighted by Crippen LogP contribution is 2.15. The number of anilines is 1. The molecule has 1 aromatic carbocycles. The Hall–Kier alpha value is -2.34. The summed E-state index contributed by atoms with van der Waals surface area (Å²) in [5, 5.41) is 7.32. The molecule has 25 heavy (non-hydrogen) atoms. The maximum atomic E-state index is 12.6. The Morgan fingerprint density at radius 3 is 2.88 bits per heavy atom. The van der Waals surface area contributed by atoms with Crippen LogP contribution in [0.2, 0.25) is 0 Å². The van der Waals surface area contributed by atoms with Gasteiger partial charge in [0.2, 0.25) is 0 Å². The van der Waals surface area contributed by atoms with Crippen molar-refractivity contribution < 1.29 is 9.53 Å². The maximum absolute atomic E-state index is 12.6. The molecule has 2 aromatic rings. The van der Waals surface area contributed by atoms with Crippen molar-refractivity contribution in [3.8, 4) is 0 Å². The van der Waals surface area contributed by atoms with E-state index in [1.807, 2.05) is 31.0 Å². The molecule has 6 heteroatoms. The van der Waals surface area contributed by atoms with E-state index in [0.717, 1.165) is 30.8 Å². The maximum Gasteiger partial charge on any atom is 0.323 e. The minimum Gasteiger partial charge on any atom is -0.375 e. The molecule has 1 N–H and O–H groups in total. The van der Waals surface area contributed by atoms with E-state index in [2.05, 4.69) is 34.7 Å². The van der Waals surface area contributed by atoms with Crippen molar-refractivity contribution in [3.05, 3.63) is 47.7 Å². The van der Waals surface area contributed by atoms with Crippen molar-refractivity contribution in [2.24, 2.45) is 7.05 Å². The van der Waals surface area contributed by atoms with Gasteiger partial charge in [-0.05, 0) is 24.8 Å². The van der Waals surface area contributed by atoms with Crippen LogP contribution < -0.4 is 5.32 Å². The van der Waals surface area contributed by atoms with Gasteiger partial charge in [0.1, 0.15) is 5.82 Å². The Balaban J connectivity index is 1.53. The van der Waals surface area contributed by atoms with Gasteiger partial charge in [-0.1, -0.05) is 37.3 Å². The van der Waals surface area contributed by atoms with Gasteiger partial charge in [0.15, 0.2) is 0 Å². The largest absolute Gasteiger partial charge is 0.375 e. The zero-order valence-electron chi connectivity index (χ0n) is 14.9. The van der Waals surface area contributed by atoms with Crippen LogP contribution in [0.1, 0.15) is 24.6 Å². The van der Waals surface area contributed by atoms with Crippen LogP contribution in [0.5, 0.6) is 0 Å². The van der Waals surface area contributed by atoms with Gasteiger partial charge in [0.25, 0.3) is 0 Å². The average molecular weight is 342 g/mol. The van der Waals surface area contributed by atoms with Gasteiger partial charge < -0.3 is 9.64 Å². The number of hydrogen-bond donors (Lipinski definition) is 1. The van der Waals surface area contributed by atoms with Crippen molar-refractivity contribution in [2.45, 2.75) is 32.3 Å². The van der Waals surface area contributed by atoms with E-state index < -0.39 is 0 Å². The molecule has 1 fully saturated rings. The first-order valence-corrected chi connectivity index (χ1v) is 8.90. The minimum atomic E-state index is -0.0846. The van der Waals surface area contributed by atoms with Crippen molar-refractivity contribution in [1.82, 2.24) is 14.7 Å². The molecular formula is C19H26N4O2. The van der Waals surface area contributed by atoms with Gasteiger partial charge in [-0.3, -0.25) is 10.00 Å². The van der Waals surface area contributed by atoms with Gasteiger partial charge in [0, 0.05) is 26.2 Å². The summed E-state index contributed by atoms with van der Waals surface area (Å²) in [7, 11) is 1.84. The van der Waals surface area contributed by atoms with Crippen molar-refractivity contribution in [1.29, 1.82) is 0 Å². The molecule has 0 saturated carbocycles. The summed E-state index contributed by atoms with van der Waals surface area (Å²) >= 11 is 0. The smallest absolute Gasteiger partial charge is 0.323 e. The number of hydrogen-bond acceptors (Lipinski definition) is 3. The standard InChI is InChI=1S/C19H26N4O2/c1-3-16-13-18(22(2)21-16)20-19(24)23-11-12-25-17(14-23)10-9-15-7-5-4-6-8-15/h4-8,13,17H,3,9-12,14H2,1-2H3,(H,20,24)/t17-/m1/s1. The fraction of sp³-hybridized carbons (Fsp3) is 0.474. The van der Waals surface area contributed by atoms with E-state index in [1.165, 1.54) is 5.56 Å². The molecule has 134 valence electrons. The number of amides is 2. The second kappa shape index (κ2) is 8.16. The van der Waals surface area contributed by atoms with Gasteiger partial charge in [0.05, 0.1) is 18.4 Å². The molecule has 1 aliphatic rings. The van der Waals surface area contributed by atoms with Gasteiger partial charge in [-0.25, -0.2) is 4.79 Å². The van der Waals surface area contributed by atoms with E-state index in [-0.39, 0.29) is 12.1 Å². The number of urea groups is 1. The third-order valence-corrected chi connectivity index (χ3v) is 4.55. The predicted molar refractivity (Wildman–Crippen MR) is 97.7 cm³/mol. The highest BCUT2D eigenvalue weighted by Gasteiger charge is 2.24. The molecule has 0 radical (unpaired) electrons. The Labute approximate surface area is 148 Å². The second-order valence-corrected chi connectivity index (χ2v) is 6.39. The number of nitrogens with zero attached hydrogens (tertiary/aromatic N) is 3. The summed E-state index contributed by atoms with van der Waals surface area (Å²) < 4.78 is 7.55. The van der Waals surface area contributed by atoms with E-state index >= 15 is 0 Å². The molecule has 1 atom stereocenters.